The number of nitrogens with two attached hydrogens (primary N) is 1. The van der Waals surface area contributed by atoms with Gasteiger partial charge in [0, 0.05) is 27.8 Å². The summed E-state index contributed by atoms with van der Waals surface area (Å²) in [6, 6.07) is 7.28. The molecule has 0 aliphatic rings. The highest BCUT2D eigenvalue weighted by Gasteiger charge is 2.14. The van der Waals surface area contributed by atoms with E-state index in [1.807, 2.05) is 25.1 Å². The quantitative estimate of drug-likeness (QED) is 0.794. The molecule has 2 unspecified atom stereocenters. The SMILES string of the molecule is CC(C)C(C)S(=O)CCOc1cccc(N)c1. The van der Waals surface area contributed by atoms with Crippen LogP contribution in [-0.2, 0) is 10.8 Å². The molecule has 0 radical (unpaired) electrons. The molecule has 0 aliphatic carbocycles. The zero-order chi connectivity index (χ0) is 12.8. The van der Waals surface area contributed by atoms with Gasteiger partial charge in [-0.05, 0) is 18.1 Å². The Morgan fingerprint density at radius 2 is 2.06 bits per heavy atom. The predicted octanol–water partition coefficient (Wildman–Crippen LogP) is 2.44. The molecule has 0 aliphatic heterocycles. The molecule has 0 saturated heterocycles. The Morgan fingerprint density at radius 3 is 2.65 bits per heavy atom. The van der Waals surface area contributed by atoms with Gasteiger partial charge in [-0.2, -0.15) is 0 Å². The molecule has 17 heavy (non-hydrogen) atoms. The van der Waals surface area contributed by atoms with Crippen molar-refractivity contribution in [2.75, 3.05) is 18.1 Å². The third kappa shape index (κ3) is 4.77. The van der Waals surface area contributed by atoms with Crippen molar-refractivity contribution in [3.05, 3.63) is 24.3 Å². The third-order valence-corrected chi connectivity index (χ3v) is 4.71. The molecular formula is C13H21NO2S. The average Bonchev–Trinajstić information content (AvgIpc) is 2.27. The van der Waals surface area contributed by atoms with Crippen molar-refractivity contribution >= 4 is 16.5 Å². The van der Waals surface area contributed by atoms with E-state index in [1.165, 1.54) is 0 Å². The van der Waals surface area contributed by atoms with Crippen LogP contribution < -0.4 is 10.5 Å². The number of hydrogen-bond acceptors (Lipinski definition) is 3. The standard InChI is InChI=1S/C13H21NO2S/c1-10(2)11(3)17(15)8-7-16-13-6-4-5-12(14)9-13/h4-6,9-11H,7-8,14H2,1-3H3. The summed E-state index contributed by atoms with van der Waals surface area (Å²) in [6.07, 6.45) is 0. The van der Waals surface area contributed by atoms with E-state index in [0.29, 0.717) is 24.0 Å². The first-order valence-electron chi connectivity index (χ1n) is 5.86. The highest BCUT2D eigenvalue weighted by Crippen LogP contribution is 2.15. The van der Waals surface area contributed by atoms with E-state index in [2.05, 4.69) is 13.8 Å². The first kappa shape index (κ1) is 14.0. The molecule has 0 bridgehead atoms. The van der Waals surface area contributed by atoms with Crippen LogP contribution >= 0.6 is 0 Å². The lowest BCUT2D eigenvalue weighted by Crippen LogP contribution is -2.22. The minimum Gasteiger partial charge on any atom is -0.493 e. The summed E-state index contributed by atoms with van der Waals surface area (Å²) in [7, 11) is -0.830. The van der Waals surface area contributed by atoms with Crippen LogP contribution in [0, 0.1) is 5.92 Å². The van der Waals surface area contributed by atoms with Gasteiger partial charge in [-0.15, -0.1) is 0 Å². The Morgan fingerprint density at radius 1 is 1.35 bits per heavy atom. The van der Waals surface area contributed by atoms with E-state index in [0.717, 1.165) is 5.75 Å². The lowest BCUT2D eigenvalue weighted by Gasteiger charge is -2.15. The molecule has 1 rings (SSSR count). The van der Waals surface area contributed by atoms with Crippen molar-refractivity contribution in [1.82, 2.24) is 0 Å². The predicted molar refractivity (Wildman–Crippen MR) is 73.7 cm³/mol. The Labute approximate surface area is 106 Å². The fraction of sp³-hybridized carbons (Fsp3) is 0.538. The maximum Gasteiger partial charge on any atom is 0.121 e. The normalized spacial score (nSPS) is 14.6. The minimum atomic E-state index is -0.830. The number of anilines is 1. The van der Waals surface area contributed by atoms with Crippen LogP contribution in [0.1, 0.15) is 20.8 Å². The van der Waals surface area contributed by atoms with Gasteiger partial charge in [-0.3, -0.25) is 4.21 Å². The minimum absolute atomic E-state index is 0.208. The maximum atomic E-state index is 11.8. The van der Waals surface area contributed by atoms with Crippen LogP contribution in [0.4, 0.5) is 5.69 Å². The Balaban J connectivity index is 2.35. The summed E-state index contributed by atoms with van der Waals surface area (Å²) in [4.78, 5) is 0. The van der Waals surface area contributed by atoms with Crippen molar-refractivity contribution in [1.29, 1.82) is 0 Å². The summed E-state index contributed by atoms with van der Waals surface area (Å²) in [5.74, 6) is 1.73. The third-order valence-electron chi connectivity index (χ3n) is 2.76. The second kappa shape index (κ2) is 6.64. The van der Waals surface area contributed by atoms with Gasteiger partial charge in [0.2, 0.25) is 0 Å². The number of nitrogen functional groups attached to an aromatic ring is 1. The van der Waals surface area contributed by atoms with Gasteiger partial charge in [0.1, 0.15) is 5.75 Å². The van der Waals surface area contributed by atoms with E-state index in [9.17, 15) is 4.21 Å². The molecule has 0 amide bonds. The lowest BCUT2D eigenvalue weighted by atomic mass is 10.2. The molecule has 0 aromatic heterocycles. The molecule has 0 fully saturated rings. The van der Waals surface area contributed by atoms with Gasteiger partial charge in [0.25, 0.3) is 0 Å². The molecule has 0 heterocycles. The Kier molecular flexibility index (Phi) is 5.48. The zero-order valence-corrected chi connectivity index (χ0v) is 11.5. The Bertz CT molecular complexity index is 379. The molecule has 2 atom stereocenters. The maximum absolute atomic E-state index is 11.8. The van der Waals surface area contributed by atoms with Crippen molar-refractivity contribution in [2.24, 2.45) is 5.92 Å². The average molecular weight is 255 g/mol. The van der Waals surface area contributed by atoms with Crippen LogP contribution in [0.15, 0.2) is 24.3 Å². The summed E-state index contributed by atoms with van der Waals surface area (Å²) >= 11 is 0. The summed E-state index contributed by atoms with van der Waals surface area (Å²) in [5, 5.41) is 0.208. The van der Waals surface area contributed by atoms with E-state index in [4.69, 9.17) is 10.5 Å². The molecule has 2 N–H and O–H groups in total. The summed E-state index contributed by atoms with van der Waals surface area (Å²) in [6.45, 7) is 6.65. The van der Waals surface area contributed by atoms with Crippen molar-refractivity contribution < 1.29 is 8.95 Å². The van der Waals surface area contributed by atoms with Crippen LogP contribution in [0.2, 0.25) is 0 Å². The van der Waals surface area contributed by atoms with Gasteiger partial charge in [-0.1, -0.05) is 26.8 Å². The largest absolute Gasteiger partial charge is 0.493 e. The zero-order valence-electron chi connectivity index (χ0n) is 10.7. The molecule has 0 saturated carbocycles. The smallest absolute Gasteiger partial charge is 0.121 e. The van der Waals surface area contributed by atoms with Gasteiger partial charge in [-0.25, -0.2) is 0 Å². The van der Waals surface area contributed by atoms with Crippen LogP contribution in [0.25, 0.3) is 0 Å². The second-order valence-electron chi connectivity index (χ2n) is 4.45. The van der Waals surface area contributed by atoms with Crippen LogP contribution in [0.3, 0.4) is 0 Å². The highest BCUT2D eigenvalue weighted by atomic mass is 32.2. The van der Waals surface area contributed by atoms with Crippen molar-refractivity contribution in [2.45, 2.75) is 26.0 Å². The molecular weight excluding hydrogens is 234 g/mol. The van der Waals surface area contributed by atoms with E-state index >= 15 is 0 Å². The molecule has 0 spiro atoms. The van der Waals surface area contributed by atoms with Gasteiger partial charge in [0.15, 0.2) is 0 Å². The molecule has 3 nitrogen and oxygen atoms in total. The number of hydrogen-bond donors (Lipinski definition) is 1. The monoisotopic (exact) mass is 255 g/mol. The van der Waals surface area contributed by atoms with E-state index < -0.39 is 10.8 Å². The fourth-order valence-corrected chi connectivity index (χ4v) is 2.56. The van der Waals surface area contributed by atoms with Crippen molar-refractivity contribution in [3.8, 4) is 5.75 Å². The van der Waals surface area contributed by atoms with E-state index in [-0.39, 0.29) is 5.25 Å². The first-order valence-corrected chi connectivity index (χ1v) is 7.24. The Hall–Kier alpha value is -1.03. The van der Waals surface area contributed by atoms with Crippen molar-refractivity contribution in [3.63, 3.8) is 0 Å². The van der Waals surface area contributed by atoms with Gasteiger partial charge >= 0.3 is 0 Å². The molecule has 4 heteroatoms. The van der Waals surface area contributed by atoms with E-state index in [1.54, 1.807) is 6.07 Å². The molecule has 1 aromatic rings. The second-order valence-corrected chi connectivity index (χ2v) is 6.37. The number of rotatable bonds is 6. The first-order chi connectivity index (χ1) is 8.00. The summed E-state index contributed by atoms with van der Waals surface area (Å²) < 4.78 is 17.4. The topological polar surface area (TPSA) is 52.3 Å². The van der Waals surface area contributed by atoms with Gasteiger partial charge < -0.3 is 10.5 Å². The van der Waals surface area contributed by atoms with Crippen LogP contribution in [0.5, 0.6) is 5.75 Å². The summed E-state index contributed by atoms with van der Waals surface area (Å²) in [5.41, 5.74) is 6.32. The number of benzene rings is 1. The highest BCUT2D eigenvalue weighted by molar-refractivity contribution is 7.85. The molecule has 1 aromatic carbocycles. The lowest BCUT2D eigenvalue weighted by molar-refractivity contribution is 0.342. The molecule has 96 valence electrons. The van der Waals surface area contributed by atoms with Gasteiger partial charge in [0.05, 0.1) is 12.4 Å². The fourth-order valence-electron chi connectivity index (χ4n) is 1.34. The number of ether oxygens (including phenoxy) is 1. The van der Waals surface area contributed by atoms with Crippen LogP contribution in [-0.4, -0.2) is 21.8 Å².